The first-order valence-electron chi connectivity index (χ1n) is 6.40. The lowest BCUT2D eigenvalue weighted by Crippen LogP contribution is -2.31. The van der Waals surface area contributed by atoms with Crippen LogP contribution in [0.1, 0.15) is 50.6 Å². The van der Waals surface area contributed by atoms with Gasteiger partial charge in [-0.05, 0) is 31.7 Å². The fraction of sp³-hybridized carbons (Fsp3) is 0.769. The third-order valence-electron chi connectivity index (χ3n) is 3.80. The second-order valence-electron chi connectivity index (χ2n) is 5.02. The first-order valence-corrected chi connectivity index (χ1v) is 7.28. The molecule has 1 N–H and O–H groups in total. The molecule has 0 spiro atoms. The number of hydrogen-bond acceptors (Lipinski definition) is 3. The monoisotopic (exact) mass is 238 g/mol. The summed E-state index contributed by atoms with van der Waals surface area (Å²) in [4.78, 5) is 4.35. The van der Waals surface area contributed by atoms with E-state index in [4.69, 9.17) is 0 Å². The van der Waals surface area contributed by atoms with Crippen LogP contribution >= 0.6 is 11.3 Å². The van der Waals surface area contributed by atoms with E-state index in [9.17, 15) is 0 Å². The van der Waals surface area contributed by atoms with Gasteiger partial charge in [0.25, 0.3) is 0 Å². The Morgan fingerprint density at radius 1 is 1.50 bits per heavy atom. The molecule has 0 bridgehead atoms. The average Bonchev–Trinajstić information content (AvgIpc) is 2.81. The van der Waals surface area contributed by atoms with Gasteiger partial charge in [-0.2, -0.15) is 0 Å². The SMILES string of the molecule is CC(NCC1CCCCC1C)c1nccs1. The van der Waals surface area contributed by atoms with Crippen molar-refractivity contribution in [1.29, 1.82) is 0 Å². The highest BCUT2D eigenvalue weighted by Crippen LogP contribution is 2.29. The molecular weight excluding hydrogens is 216 g/mol. The van der Waals surface area contributed by atoms with Gasteiger partial charge in [0.15, 0.2) is 0 Å². The molecule has 1 aromatic rings. The lowest BCUT2D eigenvalue weighted by Gasteiger charge is -2.29. The molecule has 1 aromatic heterocycles. The van der Waals surface area contributed by atoms with Crippen LogP contribution in [0.5, 0.6) is 0 Å². The second-order valence-corrected chi connectivity index (χ2v) is 5.95. The number of aromatic nitrogens is 1. The van der Waals surface area contributed by atoms with Gasteiger partial charge in [0.05, 0.1) is 6.04 Å². The topological polar surface area (TPSA) is 24.9 Å². The smallest absolute Gasteiger partial charge is 0.109 e. The fourth-order valence-electron chi connectivity index (χ4n) is 2.56. The molecule has 0 aromatic carbocycles. The van der Waals surface area contributed by atoms with Crippen molar-refractivity contribution in [2.24, 2.45) is 11.8 Å². The standard InChI is InChI=1S/C13H22N2S/c1-10-5-3-4-6-12(10)9-15-11(2)13-14-7-8-16-13/h7-8,10-12,15H,3-6,9H2,1-2H3. The van der Waals surface area contributed by atoms with Crippen molar-refractivity contribution in [2.75, 3.05) is 6.54 Å². The van der Waals surface area contributed by atoms with Crippen molar-refractivity contribution in [1.82, 2.24) is 10.3 Å². The Balaban J connectivity index is 1.78. The van der Waals surface area contributed by atoms with E-state index in [-0.39, 0.29) is 0 Å². The number of nitrogens with zero attached hydrogens (tertiary/aromatic N) is 1. The summed E-state index contributed by atoms with van der Waals surface area (Å²) >= 11 is 1.74. The molecule has 2 nitrogen and oxygen atoms in total. The summed E-state index contributed by atoms with van der Waals surface area (Å²) in [6.07, 6.45) is 7.56. The van der Waals surface area contributed by atoms with Gasteiger partial charge in [0.1, 0.15) is 5.01 Å². The highest BCUT2D eigenvalue weighted by atomic mass is 32.1. The summed E-state index contributed by atoms with van der Waals surface area (Å²) in [7, 11) is 0. The third-order valence-corrected chi connectivity index (χ3v) is 4.76. The van der Waals surface area contributed by atoms with Crippen molar-refractivity contribution in [3.8, 4) is 0 Å². The van der Waals surface area contributed by atoms with Gasteiger partial charge in [-0.3, -0.25) is 0 Å². The van der Waals surface area contributed by atoms with Crippen LogP contribution in [0.15, 0.2) is 11.6 Å². The summed E-state index contributed by atoms with van der Waals surface area (Å²) in [5.41, 5.74) is 0. The van der Waals surface area contributed by atoms with E-state index < -0.39 is 0 Å². The van der Waals surface area contributed by atoms with Crippen molar-refractivity contribution >= 4 is 11.3 Å². The molecule has 0 amide bonds. The first-order chi connectivity index (χ1) is 7.77. The maximum Gasteiger partial charge on any atom is 0.109 e. The van der Waals surface area contributed by atoms with Gasteiger partial charge in [0.2, 0.25) is 0 Å². The van der Waals surface area contributed by atoms with Crippen molar-refractivity contribution in [3.63, 3.8) is 0 Å². The Bertz CT molecular complexity index is 297. The number of nitrogens with one attached hydrogen (secondary N) is 1. The zero-order chi connectivity index (χ0) is 11.4. The van der Waals surface area contributed by atoms with Crippen molar-refractivity contribution < 1.29 is 0 Å². The van der Waals surface area contributed by atoms with E-state index in [0.29, 0.717) is 6.04 Å². The third kappa shape index (κ3) is 3.05. The zero-order valence-electron chi connectivity index (χ0n) is 10.3. The molecule has 1 saturated carbocycles. The summed E-state index contributed by atoms with van der Waals surface area (Å²) in [6.45, 7) is 5.77. The van der Waals surface area contributed by atoms with Gasteiger partial charge < -0.3 is 5.32 Å². The molecule has 3 atom stereocenters. The highest BCUT2D eigenvalue weighted by molar-refractivity contribution is 7.09. The Labute approximate surface area is 102 Å². The minimum Gasteiger partial charge on any atom is -0.308 e. The minimum atomic E-state index is 0.411. The molecule has 1 heterocycles. The minimum absolute atomic E-state index is 0.411. The molecule has 3 unspecified atom stereocenters. The molecule has 90 valence electrons. The normalized spacial score (nSPS) is 27.9. The van der Waals surface area contributed by atoms with Crippen LogP contribution in [0.25, 0.3) is 0 Å². The lowest BCUT2D eigenvalue weighted by molar-refractivity contribution is 0.242. The van der Waals surface area contributed by atoms with E-state index in [1.54, 1.807) is 11.3 Å². The maximum absolute atomic E-state index is 4.35. The van der Waals surface area contributed by atoms with E-state index in [1.807, 2.05) is 6.20 Å². The summed E-state index contributed by atoms with van der Waals surface area (Å²) in [5.74, 6) is 1.76. The van der Waals surface area contributed by atoms with E-state index in [1.165, 1.54) is 30.7 Å². The Kier molecular flexibility index (Phi) is 4.36. The van der Waals surface area contributed by atoms with Crippen LogP contribution in [0, 0.1) is 11.8 Å². The highest BCUT2D eigenvalue weighted by Gasteiger charge is 2.21. The predicted molar refractivity (Wildman–Crippen MR) is 69.7 cm³/mol. The zero-order valence-corrected chi connectivity index (χ0v) is 11.1. The van der Waals surface area contributed by atoms with Crippen LogP contribution in [0.3, 0.4) is 0 Å². The average molecular weight is 238 g/mol. The molecule has 2 rings (SSSR count). The molecule has 1 aliphatic rings. The number of hydrogen-bond donors (Lipinski definition) is 1. The molecule has 3 heteroatoms. The molecule has 0 saturated heterocycles. The van der Waals surface area contributed by atoms with Crippen LogP contribution in [-0.2, 0) is 0 Å². The van der Waals surface area contributed by atoms with E-state index >= 15 is 0 Å². The van der Waals surface area contributed by atoms with Crippen molar-refractivity contribution in [3.05, 3.63) is 16.6 Å². The lowest BCUT2D eigenvalue weighted by atomic mass is 9.80. The van der Waals surface area contributed by atoms with Gasteiger partial charge in [-0.25, -0.2) is 4.98 Å². The van der Waals surface area contributed by atoms with E-state index in [0.717, 1.165) is 18.4 Å². The Morgan fingerprint density at radius 3 is 3.00 bits per heavy atom. The Hall–Kier alpha value is -0.410. The number of rotatable bonds is 4. The van der Waals surface area contributed by atoms with Gasteiger partial charge >= 0.3 is 0 Å². The van der Waals surface area contributed by atoms with Crippen LogP contribution in [-0.4, -0.2) is 11.5 Å². The summed E-state index contributed by atoms with van der Waals surface area (Å²) in [6, 6.07) is 0.411. The number of thiazole rings is 1. The maximum atomic E-state index is 4.35. The molecule has 1 fully saturated rings. The summed E-state index contributed by atoms with van der Waals surface area (Å²) < 4.78 is 0. The van der Waals surface area contributed by atoms with E-state index in [2.05, 4.69) is 29.5 Å². The molecule has 1 aliphatic carbocycles. The predicted octanol–water partition coefficient (Wildman–Crippen LogP) is 3.62. The summed E-state index contributed by atoms with van der Waals surface area (Å²) in [5, 5.41) is 6.90. The quantitative estimate of drug-likeness (QED) is 0.866. The first kappa shape index (κ1) is 12.1. The van der Waals surface area contributed by atoms with Crippen molar-refractivity contribution in [2.45, 2.75) is 45.6 Å². The Morgan fingerprint density at radius 2 is 2.31 bits per heavy atom. The molecular formula is C13H22N2S. The molecule has 0 aliphatic heterocycles. The van der Waals surface area contributed by atoms with Crippen LogP contribution in [0.2, 0.25) is 0 Å². The fourth-order valence-corrected chi connectivity index (χ4v) is 3.23. The van der Waals surface area contributed by atoms with Crippen LogP contribution < -0.4 is 5.32 Å². The van der Waals surface area contributed by atoms with Crippen LogP contribution in [0.4, 0.5) is 0 Å². The van der Waals surface area contributed by atoms with Gasteiger partial charge in [0, 0.05) is 11.6 Å². The molecule has 16 heavy (non-hydrogen) atoms. The second kappa shape index (κ2) is 5.78. The van der Waals surface area contributed by atoms with Gasteiger partial charge in [-0.1, -0.05) is 26.2 Å². The largest absolute Gasteiger partial charge is 0.308 e. The van der Waals surface area contributed by atoms with Gasteiger partial charge in [-0.15, -0.1) is 11.3 Å². The molecule has 0 radical (unpaired) electrons.